The van der Waals surface area contributed by atoms with Crippen LogP contribution in [0.15, 0.2) is 30.3 Å². The molecule has 0 aromatic heterocycles. The number of anilines is 1. The standard InChI is InChI=1S/C18H20ClNO2/c1-4-9-22-15-10-11(2)17(19)12(3)16(15)18(21)13-5-7-14(20)8-6-13/h5-8,10H,4,9,20H2,1-3H3. The molecule has 4 heteroatoms. The molecule has 2 N–H and O–H groups in total. The normalized spacial score (nSPS) is 10.5. The van der Waals surface area contributed by atoms with Gasteiger partial charge in [0.15, 0.2) is 5.78 Å². The lowest BCUT2D eigenvalue weighted by atomic mass is 9.96. The first kappa shape index (κ1) is 16.4. The number of nitrogens with two attached hydrogens (primary N) is 1. The number of carbonyl (C=O) groups is 1. The maximum Gasteiger partial charge on any atom is 0.197 e. The van der Waals surface area contributed by atoms with E-state index in [9.17, 15) is 4.79 Å². The summed E-state index contributed by atoms with van der Waals surface area (Å²) in [7, 11) is 0. The minimum atomic E-state index is -0.106. The highest BCUT2D eigenvalue weighted by Crippen LogP contribution is 2.33. The van der Waals surface area contributed by atoms with Gasteiger partial charge in [-0.15, -0.1) is 0 Å². The molecule has 0 saturated heterocycles. The number of carbonyl (C=O) groups excluding carboxylic acids is 1. The molecule has 116 valence electrons. The smallest absolute Gasteiger partial charge is 0.197 e. The minimum absolute atomic E-state index is 0.106. The van der Waals surface area contributed by atoms with Crippen LogP contribution >= 0.6 is 11.6 Å². The number of hydrogen-bond donors (Lipinski definition) is 1. The highest BCUT2D eigenvalue weighted by atomic mass is 35.5. The predicted molar refractivity (Wildman–Crippen MR) is 91.0 cm³/mol. The maximum absolute atomic E-state index is 12.8. The Balaban J connectivity index is 2.54. The second kappa shape index (κ2) is 6.84. The topological polar surface area (TPSA) is 52.3 Å². The summed E-state index contributed by atoms with van der Waals surface area (Å²) in [5.41, 5.74) is 9.04. The van der Waals surface area contributed by atoms with E-state index in [1.165, 1.54) is 0 Å². The maximum atomic E-state index is 12.8. The fourth-order valence-electron chi connectivity index (χ4n) is 2.31. The van der Waals surface area contributed by atoms with Gasteiger partial charge in [-0.2, -0.15) is 0 Å². The Morgan fingerprint density at radius 2 is 1.86 bits per heavy atom. The Morgan fingerprint density at radius 3 is 2.45 bits per heavy atom. The van der Waals surface area contributed by atoms with Gasteiger partial charge in [0, 0.05) is 16.3 Å². The van der Waals surface area contributed by atoms with Crippen LogP contribution in [0.2, 0.25) is 5.02 Å². The molecule has 0 fully saturated rings. The first-order chi connectivity index (χ1) is 10.5. The fourth-order valence-corrected chi connectivity index (χ4v) is 2.46. The van der Waals surface area contributed by atoms with E-state index in [0.29, 0.717) is 34.2 Å². The number of aryl methyl sites for hydroxylation is 1. The van der Waals surface area contributed by atoms with E-state index >= 15 is 0 Å². The summed E-state index contributed by atoms with van der Waals surface area (Å²) < 4.78 is 5.77. The molecule has 0 aliphatic carbocycles. The van der Waals surface area contributed by atoms with Crippen molar-refractivity contribution >= 4 is 23.1 Å². The van der Waals surface area contributed by atoms with E-state index in [0.717, 1.165) is 17.5 Å². The quantitative estimate of drug-likeness (QED) is 0.649. The number of ketones is 1. The van der Waals surface area contributed by atoms with E-state index in [2.05, 4.69) is 0 Å². The van der Waals surface area contributed by atoms with E-state index < -0.39 is 0 Å². The third-order valence-electron chi connectivity index (χ3n) is 3.51. The lowest BCUT2D eigenvalue weighted by Gasteiger charge is -2.16. The highest BCUT2D eigenvalue weighted by molar-refractivity contribution is 6.33. The molecule has 0 bridgehead atoms. The fraction of sp³-hybridized carbons (Fsp3) is 0.278. The summed E-state index contributed by atoms with van der Waals surface area (Å²) >= 11 is 6.32. The van der Waals surface area contributed by atoms with Crippen molar-refractivity contribution < 1.29 is 9.53 Å². The molecule has 0 spiro atoms. The number of rotatable bonds is 5. The van der Waals surface area contributed by atoms with Crippen molar-refractivity contribution in [3.8, 4) is 5.75 Å². The third-order valence-corrected chi connectivity index (χ3v) is 4.09. The summed E-state index contributed by atoms with van der Waals surface area (Å²) in [5, 5.41) is 0.600. The molecule has 0 atom stereocenters. The molecule has 3 nitrogen and oxygen atoms in total. The van der Waals surface area contributed by atoms with E-state index in [1.54, 1.807) is 24.3 Å². The molecular formula is C18H20ClNO2. The Morgan fingerprint density at radius 1 is 1.23 bits per heavy atom. The summed E-state index contributed by atoms with van der Waals surface area (Å²) in [6, 6.07) is 8.69. The lowest BCUT2D eigenvalue weighted by molar-refractivity contribution is 0.103. The first-order valence-corrected chi connectivity index (χ1v) is 7.66. The molecule has 0 saturated carbocycles. The zero-order chi connectivity index (χ0) is 16.3. The van der Waals surface area contributed by atoms with Gasteiger partial charge in [0.2, 0.25) is 0 Å². The van der Waals surface area contributed by atoms with Crippen LogP contribution < -0.4 is 10.5 Å². The number of ether oxygens (including phenoxy) is 1. The molecule has 22 heavy (non-hydrogen) atoms. The molecular weight excluding hydrogens is 298 g/mol. The third kappa shape index (κ3) is 3.25. The van der Waals surface area contributed by atoms with E-state index in [4.69, 9.17) is 22.1 Å². The van der Waals surface area contributed by atoms with Crippen LogP contribution in [0.4, 0.5) is 5.69 Å². The second-order valence-electron chi connectivity index (χ2n) is 5.31. The van der Waals surface area contributed by atoms with Crippen molar-refractivity contribution in [2.45, 2.75) is 27.2 Å². The monoisotopic (exact) mass is 317 g/mol. The van der Waals surface area contributed by atoms with Crippen LogP contribution in [-0.4, -0.2) is 12.4 Å². The molecule has 0 radical (unpaired) electrons. The van der Waals surface area contributed by atoms with Crippen LogP contribution in [0, 0.1) is 13.8 Å². The van der Waals surface area contributed by atoms with Crippen molar-refractivity contribution in [1.29, 1.82) is 0 Å². The summed E-state index contributed by atoms with van der Waals surface area (Å²) in [6.07, 6.45) is 0.871. The molecule has 0 aliphatic rings. The Kier molecular flexibility index (Phi) is 5.09. The van der Waals surface area contributed by atoms with Gasteiger partial charge in [-0.25, -0.2) is 0 Å². The molecule has 0 amide bonds. The number of benzene rings is 2. The lowest BCUT2D eigenvalue weighted by Crippen LogP contribution is -2.09. The number of nitrogen functional groups attached to an aromatic ring is 1. The van der Waals surface area contributed by atoms with Gasteiger partial charge in [0.05, 0.1) is 12.2 Å². The van der Waals surface area contributed by atoms with Gasteiger partial charge in [0.1, 0.15) is 5.75 Å². The minimum Gasteiger partial charge on any atom is -0.493 e. The predicted octanol–water partition coefficient (Wildman–Crippen LogP) is 4.56. The van der Waals surface area contributed by atoms with Crippen LogP contribution in [0.5, 0.6) is 5.75 Å². The molecule has 0 unspecified atom stereocenters. The Hall–Kier alpha value is -2.00. The summed E-state index contributed by atoms with van der Waals surface area (Å²) in [6.45, 7) is 6.34. The van der Waals surface area contributed by atoms with Crippen molar-refractivity contribution in [2.24, 2.45) is 0 Å². The van der Waals surface area contributed by atoms with Crippen molar-refractivity contribution in [2.75, 3.05) is 12.3 Å². The van der Waals surface area contributed by atoms with Gasteiger partial charge in [-0.3, -0.25) is 4.79 Å². The van der Waals surface area contributed by atoms with Crippen LogP contribution in [0.25, 0.3) is 0 Å². The molecule has 0 aliphatic heterocycles. The van der Waals surface area contributed by atoms with Crippen LogP contribution in [-0.2, 0) is 0 Å². The van der Waals surface area contributed by atoms with E-state index in [-0.39, 0.29) is 5.78 Å². The number of hydrogen-bond acceptors (Lipinski definition) is 3. The molecule has 2 aromatic rings. The van der Waals surface area contributed by atoms with Gasteiger partial charge in [-0.05, 0) is 61.7 Å². The SMILES string of the molecule is CCCOc1cc(C)c(Cl)c(C)c1C(=O)c1ccc(N)cc1. The average Bonchev–Trinajstić information content (AvgIpc) is 2.50. The Bertz CT molecular complexity index is 693. The summed E-state index contributed by atoms with van der Waals surface area (Å²) in [4.78, 5) is 12.8. The molecule has 0 heterocycles. The zero-order valence-electron chi connectivity index (χ0n) is 13.1. The van der Waals surface area contributed by atoms with E-state index in [1.807, 2.05) is 26.8 Å². The van der Waals surface area contributed by atoms with Crippen molar-refractivity contribution in [3.63, 3.8) is 0 Å². The van der Waals surface area contributed by atoms with Crippen LogP contribution in [0.1, 0.15) is 40.4 Å². The average molecular weight is 318 g/mol. The second-order valence-corrected chi connectivity index (χ2v) is 5.68. The molecule has 2 rings (SSSR count). The molecule has 2 aromatic carbocycles. The van der Waals surface area contributed by atoms with Crippen molar-refractivity contribution in [3.05, 3.63) is 57.6 Å². The van der Waals surface area contributed by atoms with Gasteiger partial charge < -0.3 is 10.5 Å². The van der Waals surface area contributed by atoms with Gasteiger partial charge in [-0.1, -0.05) is 18.5 Å². The Labute approximate surface area is 136 Å². The van der Waals surface area contributed by atoms with Gasteiger partial charge in [0.25, 0.3) is 0 Å². The zero-order valence-corrected chi connectivity index (χ0v) is 13.8. The first-order valence-electron chi connectivity index (χ1n) is 7.28. The number of halogens is 1. The van der Waals surface area contributed by atoms with Gasteiger partial charge >= 0.3 is 0 Å². The summed E-state index contributed by atoms with van der Waals surface area (Å²) in [5.74, 6) is 0.480. The van der Waals surface area contributed by atoms with Crippen LogP contribution in [0.3, 0.4) is 0 Å². The van der Waals surface area contributed by atoms with Crippen molar-refractivity contribution in [1.82, 2.24) is 0 Å². The highest BCUT2D eigenvalue weighted by Gasteiger charge is 2.21. The largest absolute Gasteiger partial charge is 0.493 e.